The van der Waals surface area contributed by atoms with Crippen molar-refractivity contribution in [2.24, 2.45) is 0 Å². The minimum Gasteiger partial charge on any atom is -0.508 e. The largest absolute Gasteiger partial charge is 0.508 e. The third-order valence-electron chi connectivity index (χ3n) is 3.03. The third kappa shape index (κ3) is 4.11. The number of nitrogens with two attached hydrogens (primary N) is 1. The van der Waals surface area contributed by atoms with E-state index in [1.807, 2.05) is 0 Å². The molecule has 0 radical (unpaired) electrons. The molecule has 2 aromatic rings. The van der Waals surface area contributed by atoms with Crippen LogP contribution in [0.25, 0.3) is 12.2 Å². The zero-order valence-corrected chi connectivity index (χ0v) is 13.6. The van der Waals surface area contributed by atoms with Crippen molar-refractivity contribution in [3.8, 4) is 5.75 Å². The van der Waals surface area contributed by atoms with Crippen LogP contribution in [0.1, 0.15) is 11.1 Å². The van der Waals surface area contributed by atoms with Gasteiger partial charge in [-0.05, 0) is 35.4 Å². The van der Waals surface area contributed by atoms with Crippen molar-refractivity contribution in [3.05, 3.63) is 47.5 Å². The molecule has 0 aliphatic carbocycles. The molecule has 0 aromatic heterocycles. The van der Waals surface area contributed by atoms with Crippen molar-refractivity contribution in [3.63, 3.8) is 0 Å². The lowest BCUT2D eigenvalue weighted by molar-refractivity contribution is 0.466. The maximum Gasteiger partial charge on any atom is 0.295 e. The molecule has 128 valence electrons. The molecule has 0 spiro atoms. The highest BCUT2D eigenvalue weighted by molar-refractivity contribution is 7.86. The Bertz CT molecular complexity index is 942. The van der Waals surface area contributed by atoms with E-state index in [9.17, 15) is 31.0 Å². The predicted octanol–water partition coefficient (Wildman–Crippen LogP) is 1.64. The average Bonchev–Trinajstić information content (AvgIpc) is 2.45. The Balaban J connectivity index is 2.59. The molecule has 0 amide bonds. The highest BCUT2D eigenvalue weighted by Gasteiger charge is 2.16. The summed E-state index contributed by atoms with van der Waals surface area (Å²) >= 11 is 0. The van der Waals surface area contributed by atoms with Gasteiger partial charge in [-0.25, -0.2) is 0 Å². The van der Waals surface area contributed by atoms with E-state index in [0.29, 0.717) is 0 Å². The van der Waals surface area contributed by atoms with Gasteiger partial charge in [-0.1, -0.05) is 18.2 Å². The van der Waals surface area contributed by atoms with Crippen LogP contribution in [0.15, 0.2) is 46.2 Å². The Hall–Kier alpha value is -2.40. The average molecular weight is 371 g/mol. The standard InChI is InChI=1S/C14H13NO7S2/c15-11-5-3-9(13(7-11)23(17,18)19)1-2-10-4-6-12(16)8-14(10)24(20,21)22/h1-8,16H,15H2,(H,17,18,19)(H,20,21,22). The summed E-state index contributed by atoms with van der Waals surface area (Å²) in [5, 5.41) is 9.34. The highest BCUT2D eigenvalue weighted by atomic mass is 32.2. The number of hydrogen-bond donors (Lipinski definition) is 4. The van der Waals surface area contributed by atoms with Crippen molar-refractivity contribution >= 4 is 38.1 Å². The first kappa shape index (κ1) is 17.9. The molecular weight excluding hydrogens is 358 g/mol. The monoisotopic (exact) mass is 371 g/mol. The quantitative estimate of drug-likeness (QED) is 0.359. The first-order valence-electron chi connectivity index (χ1n) is 6.34. The van der Waals surface area contributed by atoms with E-state index in [2.05, 4.69) is 0 Å². The number of nitrogen functional groups attached to an aromatic ring is 1. The molecule has 10 heteroatoms. The number of phenolic OH excluding ortho intramolecular Hbond substituents is 1. The Morgan fingerprint density at radius 3 is 1.75 bits per heavy atom. The molecule has 0 aliphatic heterocycles. The topological polar surface area (TPSA) is 155 Å². The van der Waals surface area contributed by atoms with Crippen molar-refractivity contribution in [1.29, 1.82) is 0 Å². The molecule has 0 unspecified atom stereocenters. The summed E-state index contributed by atoms with van der Waals surface area (Å²) in [6.07, 6.45) is 2.44. The molecule has 2 aromatic carbocycles. The summed E-state index contributed by atoms with van der Waals surface area (Å²) in [6.45, 7) is 0. The second-order valence-corrected chi connectivity index (χ2v) is 7.58. The Morgan fingerprint density at radius 2 is 1.25 bits per heavy atom. The van der Waals surface area contributed by atoms with Crippen LogP contribution in [-0.2, 0) is 20.2 Å². The number of benzene rings is 2. The molecule has 0 saturated heterocycles. The fraction of sp³-hybridized carbons (Fsp3) is 0. The van der Waals surface area contributed by atoms with Gasteiger partial charge in [0.05, 0.1) is 0 Å². The van der Waals surface area contributed by atoms with E-state index >= 15 is 0 Å². The smallest absolute Gasteiger partial charge is 0.295 e. The van der Waals surface area contributed by atoms with Gasteiger partial charge >= 0.3 is 0 Å². The molecular formula is C14H13NO7S2. The minimum absolute atomic E-state index is 0.00779. The van der Waals surface area contributed by atoms with Gasteiger partial charge in [0, 0.05) is 11.8 Å². The van der Waals surface area contributed by atoms with Crippen molar-refractivity contribution in [2.75, 3.05) is 5.73 Å². The van der Waals surface area contributed by atoms with E-state index in [1.165, 1.54) is 36.4 Å². The number of hydrogen-bond acceptors (Lipinski definition) is 6. The zero-order valence-electron chi connectivity index (χ0n) is 12.0. The predicted molar refractivity (Wildman–Crippen MR) is 87.5 cm³/mol. The van der Waals surface area contributed by atoms with Gasteiger partial charge in [-0.15, -0.1) is 0 Å². The van der Waals surface area contributed by atoms with Crippen LogP contribution in [0, 0.1) is 0 Å². The van der Waals surface area contributed by atoms with E-state index < -0.39 is 30.0 Å². The van der Waals surface area contributed by atoms with E-state index in [0.717, 1.165) is 12.1 Å². The van der Waals surface area contributed by atoms with Crippen molar-refractivity contribution < 1.29 is 31.0 Å². The Labute approximate surface area is 138 Å². The first-order valence-corrected chi connectivity index (χ1v) is 9.22. The lowest BCUT2D eigenvalue weighted by Gasteiger charge is -2.06. The number of aromatic hydroxyl groups is 1. The van der Waals surface area contributed by atoms with Crippen molar-refractivity contribution in [1.82, 2.24) is 0 Å². The molecule has 8 nitrogen and oxygen atoms in total. The van der Waals surface area contributed by atoms with Gasteiger partial charge in [0.15, 0.2) is 0 Å². The van der Waals surface area contributed by atoms with Gasteiger partial charge in [0.1, 0.15) is 15.5 Å². The van der Waals surface area contributed by atoms with Gasteiger partial charge in [-0.3, -0.25) is 9.11 Å². The summed E-state index contributed by atoms with van der Waals surface area (Å²) in [6, 6.07) is 7.04. The van der Waals surface area contributed by atoms with Gasteiger partial charge in [0.25, 0.3) is 20.2 Å². The maximum absolute atomic E-state index is 11.4. The molecule has 24 heavy (non-hydrogen) atoms. The second kappa shape index (κ2) is 6.24. The normalized spacial score (nSPS) is 12.6. The van der Waals surface area contributed by atoms with Gasteiger partial charge in [-0.2, -0.15) is 16.8 Å². The fourth-order valence-corrected chi connectivity index (χ4v) is 3.40. The van der Waals surface area contributed by atoms with Crippen LogP contribution >= 0.6 is 0 Å². The molecule has 0 fully saturated rings. The molecule has 0 saturated carbocycles. The summed E-state index contributed by atoms with van der Waals surface area (Å²) < 4.78 is 63.9. The van der Waals surface area contributed by atoms with Crippen LogP contribution in [0.3, 0.4) is 0 Å². The van der Waals surface area contributed by atoms with Crippen LogP contribution in [0.2, 0.25) is 0 Å². The lowest BCUT2D eigenvalue weighted by Crippen LogP contribution is -2.02. The molecule has 0 heterocycles. The summed E-state index contributed by atoms with van der Waals surface area (Å²) in [5.74, 6) is -0.370. The highest BCUT2D eigenvalue weighted by Crippen LogP contribution is 2.25. The Kier molecular flexibility index (Phi) is 4.67. The van der Waals surface area contributed by atoms with Gasteiger partial charge < -0.3 is 10.8 Å². The maximum atomic E-state index is 11.4. The summed E-state index contributed by atoms with van der Waals surface area (Å²) in [4.78, 5) is -1.01. The van der Waals surface area contributed by atoms with Crippen molar-refractivity contribution in [2.45, 2.75) is 9.79 Å². The molecule has 0 atom stereocenters. The van der Waals surface area contributed by atoms with Crippen LogP contribution in [-0.4, -0.2) is 31.0 Å². The lowest BCUT2D eigenvalue weighted by atomic mass is 10.1. The third-order valence-corrected chi connectivity index (χ3v) is 4.85. The second-order valence-electron chi connectivity index (χ2n) is 4.80. The summed E-state index contributed by atoms with van der Waals surface area (Å²) in [5.41, 5.74) is 5.67. The molecule has 5 N–H and O–H groups in total. The Morgan fingerprint density at radius 1 is 0.792 bits per heavy atom. The van der Waals surface area contributed by atoms with E-state index in [1.54, 1.807) is 0 Å². The van der Waals surface area contributed by atoms with Crippen LogP contribution < -0.4 is 5.73 Å². The van der Waals surface area contributed by atoms with E-state index in [-0.39, 0.29) is 22.6 Å². The molecule has 2 rings (SSSR count). The van der Waals surface area contributed by atoms with Crippen LogP contribution in [0.5, 0.6) is 5.75 Å². The number of phenols is 1. The fourth-order valence-electron chi connectivity index (χ4n) is 1.98. The van der Waals surface area contributed by atoms with E-state index in [4.69, 9.17) is 5.73 Å². The molecule has 0 bridgehead atoms. The van der Waals surface area contributed by atoms with Gasteiger partial charge in [0.2, 0.25) is 0 Å². The van der Waals surface area contributed by atoms with Crippen LogP contribution in [0.4, 0.5) is 5.69 Å². The summed E-state index contributed by atoms with van der Waals surface area (Å²) in [7, 11) is -9.15. The minimum atomic E-state index is -4.60. The number of rotatable bonds is 4. The first-order chi connectivity index (χ1) is 11.0. The number of anilines is 1. The zero-order chi connectivity index (χ0) is 18.1. The molecule has 0 aliphatic rings. The SMILES string of the molecule is Nc1ccc(C=Cc2ccc(O)cc2S(=O)(=O)O)c(S(=O)(=O)O)c1.